The first-order chi connectivity index (χ1) is 11.5. The molecule has 0 saturated heterocycles. The average molecular weight is 335 g/mol. The normalized spacial score (nSPS) is 12.8. The van der Waals surface area contributed by atoms with Crippen LogP contribution in [0.15, 0.2) is 35.9 Å². The number of unbranched alkanes of at least 4 members (excludes halogenated alkanes) is 1. The van der Waals surface area contributed by atoms with Crippen LogP contribution in [-0.2, 0) is 6.42 Å². The van der Waals surface area contributed by atoms with Crippen LogP contribution in [0.3, 0.4) is 0 Å². The summed E-state index contributed by atoms with van der Waals surface area (Å²) in [6.07, 6.45) is 10.8. The quantitative estimate of drug-likeness (QED) is 0.402. The molecule has 1 unspecified atom stereocenters. The Morgan fingerprint density at radius 2 is 1.83 bits per heavy atom. The van der Waals surface area contributed by atoms with Crippen molar-refractivity contribution in [3.63, 3.8) is 0 Å². The molecule has 0 bridgehead atoms. The van der Waals surface area contributed by atoms with E-state index in [0.717, 1.165) is 36.7 Å². The minimum absolute atomic E-state index is 0.144. The molecule has 0 aliphatic heterocycles. The minimum Gasteiger partial charge on any atom is -0.207 e. The molecule has 1 aromatic carbocycles. The summed E-state index contributed by atoms with van der Waals surface area (Å²) in [4.78, 5) is 0. The van der Waals surface area contributed by atoms with Crippen molar-refractivity contribution in [2.45, 2.75) is 86.5 Å². The van der Waals surface area contributed by atoms with Crippen LogP contribution in [0.2, 0.25) is 0 Å². The van der Waals surface area contributed by atoms with Gasteiger partial charge in [-0.2, -0.15) is 0 Å². The van der Waals surface area contributed by atoms with Crippen molar-refractivity contribution in [1.29, 1.82) is 0 Å². The fraction of sp³-hybridized carbons (Fsp3) is 0.652. The summed E-state index contributed by atoms with van der Waals surface area (Å²) in [5.74, 6) is 1.71. The second kappa shape index (κ2) is 14.3. The number of rotatable bonds is 9. The van der Waals surface area contributed by atoms with Crippen molar-refractivity contribution < 1.29 is 4.39 Å². The first-order valence-electron chi connectivity index (χ1n) is 9.90. The summed E-state index contributed by atoms with van der Waals surface area (Å²) < 4.78 is 12.9. The van der Waals surface area contributed by atoms with Gasteiger partial charge in [-0.15, -0.1) is 0 Å². The van der Waals surface area contributed by atoms with Crippen LogP contribution in [0, 0.1) is 17.7 Å². The third-order valence-corrected chi connectivity index (χ3v) is 4.66. The van der Waals surface area contributed by atoms with Crippen molar-refractivity contribution >= 4 is 0 Å². The Bertz CT molecular complexity index is 445. The lowest BCUT2D eigenvalue weighted by molar-refractivity contribution is 0.339. The molecule has 24 heavy (non-hydrogen) atoms. The monoisotopic (exact) mass is 334 g/mol. The van der Waals surface area contributed by atoms with Crippen molar-refractivity contribution in [1.82, 2.24) is 0 Å². The molecule has 0 heterocycles. The molecule has 1 heteroatoms. The van der Waals surface area contributed by atoms with Gasteiger partial charge in [-0.3, -0.25) is 0 Å². The second-order valence-electron chi connectivity index (χ2n) is 6.99. The maximum atomic E-state index is 12.9. The summed E-state index contributed by atoms with van der Waals surface area (Å²) in [6, 6.07) is 6.84. The van der Waals surface area contributed by atoms with Crippen LogP contribution < -0.4 is 0 Å². The summed E-state index contributed by atoms with van der Waals surface area (Å²) in [5, 5.41) is 0. The molecule has 0 saturated carbocycles. The van der Waals surface area contributed by atoms with Gasteiger partial charge in [0.1, 0.15) is 5.82 Å². The fourth-order valence-electron chi connectivity index (χ4n) is 3.01. The van der Waals surface area contributed by atoms with Crippen LogP contribution in [0.5, 0.6) is 0 Å². The largest absolute Gasteiger partial charge is 0.207 e. The molecule has 0 N–H and O–H groups in total. The Kier molecular flexibility index (Phi) is 13.6. The number of hydrogen-bond donors (Lipinski definition) is 0. The van der Waals surface area contributed by atoms with E-state index in [1.807, 2.05) is 6.07 Å². The molecular weight excluding hydrogens is 295 g/mol. The Hall–Kier alpha value is -1.11. The second-order valence-corrected chi connectivity index (χ2v) is 6.99. The zero-order valence-corrected chi connectivity index (χ0v) is 16.9. The molecule has 0 amide bonds. The third-order valence-electron chi connectivity index (χ3n) is 4.66. The average Bonchev–Trinajstić information content (AvgIpc) is 2.55. The highest BCUT2D eigenvalue weighted by molar-refractivity contribution is 5.22. The van der Waals surface area contributed by atoms with Gasteiger partial charge in [0.2, 0.25) is 0 Å². The van der Waals surface area contributed by atoms with E-state index in [1.54, 1.807) is 12.1 Å². The lowest BCUT2D eigenvalue weighted by atomic mass is 9.89. The van der Waals surface area contributed by atoms with E-state index in [0.29, 0.717) is 0 Å². The summed E-state index contributed by atoms with van der Waals surface area (Å²) in [7, 11) is 0. The zero-order chi connectivity index (χ0) is 18.4. The van der Waals surface area contributed by atoms with Crippen LogP contribution in [-0.4, -0.2) is 0 Å². The Morgan fingerprint density at radius 1 is 1.12 bits per heavy atom. The smallest absolute Gasteiger partial charge is 0.123 e. The maximum absolute atomic E-state index is 12.9. The molecule has 1 rings (SSSR count). The Balaban J connectivity index is 0.000000470. The summed E-state index contributed by atoms with van der Waals surface area (Å²) in [5.41, 5.74) is 2.45. The molecule has 0 aliphatic carbocycles. The standard InChI is InChI=1S/C13H17F.C10H22/c1-3-6-11(4-2)9-12-7-5-8-13(14)10-12;1-5-7-8-10(6-2)9(3)4/h5-8,10H,3-4,9H2,1-2H3;9-10H,5-8H2,1-4H3/b11-6+;. The van der Waals surface area contributed by atoms with Crippen LogP contribution >= 0.6 is 0 Å². The Morgan fingerprint density at radius 3 is 2.29 bits per heavy atom. The summed E-state index contributed by atoms with van der Waals surface area (Å²) in [6.45, 7) is 13.5. The van der Waals surface area contributed by atoms with E-state index in [4.69, 9.17) is 0 Å². The number of hydrogen-bond acceptors (Lipinski definition) is 0. The zero-order valence-electron chi connectivity index (χ0n) is 16.9. The van der Waals surface area contributed by atoms with Crippen molar-refractivity contribution in [2.24, 2.45) is 11.8 Å². The topological polar surface area (TPSA) is 0 Å². The van der Waals surface area contributed by atoms with Gasteiger partial charge in [0.05, 0.1) is 0 Å². The molecule has 0 radical (unpaired) electrons. The minimum atomic E-state index is -0.144. The van der Waals surface area contributed by atoms with Crippen LogP contribution in [0.25, 0.3) is 0 Å². The highest BCUT2D eigenvalue weighted by atomic mass is 19.1. The fourth-order valence-corrected chi connectivity index (χ4v) is 3.01. The van der Waals surface area contributed by atoms with Crippen molar-refractivity contribution in [3.05, 3.63) is 47.3 Å². The molecule has 1 atom stereocenters. The van der Waals surface area contributed by atoms with Gasteiger partial charge in [0.15, 0.2) is 0 Å². The molecule has 138 valence electrons. The number of halogens is 1. The van der Waals surface area contributed by atoms with Gasteiger partial charge < -0.3 is 0 Å². The van der Waals surface area contributed by atoms with Gasteiger partial charge >= 0.3 is 0 Å². The number of allylic oxidation sites excluding steroid dienone is 2. The third kappa shape index (κ3) is 10.6. The van der Waals surface area contributed by atoms with E-state index in [2.05, 4.69) is 47.6 Å². The van der Waals surface area contributed by atoms with Crippen LogP contribution in [0.1, 0.15) is 85.6 Å². The Labute approximate surface area is 150 Å². The highest BCUT2D eigenvalue weighted by Gasteiger charge is 2.08. The van der Waals surface area contributed by atoms with Gasteiger partial charge in [0.25, 0.3) is 0 Å². The van der Waals surface area contributed by atoms with E-state index in [-0.39, 0.29) is 5.82 Å². The van der Waals surface area contributed by atoms with E-state index in [1.165, 1.54) is 37.3 Å². The van der Waals surface area contributed by atoms with Gasteiger partial charge in [-0.1, -0.05) is 91.0 Å². The number of benzene rings is 1. The SMILES string of the molecule is CC/C=C(\CC)Cc1cccc(F)c1.CCCCC(CC)C(C)C. The van der Waals surface area contributed by atoms with Crippen molar-refractivity contribution in [2.75, 3.05) is 0 Å². The predicted octanol–water partition coefficient (Wildman–Crippen LogP) is 7.97. The van der Waals surface area contributed by atoms with Crippen LogP contribution in [0.4, 0.5) is 4.39 Å². The molecule has 0 fully saturated rings. The maximum Gasteiger partial charge on any atom is 0.123 e. The highest BCUT2D eigenvalue weighted by Crippen LogP contribution is 2.20. The van der Waals surface area contributed by atoms with E-state index >= 15 is 0 Å². The first kappa shape index (κ1) is 22.9. The van der Waals surface area contributed by atoms with Gasteiger partial charge in [-0.25, -0.2) is 4.39 Å². The molecular formula is C23H39F. The van der Waals surface area contributed by atoms with Gasteiger partial charge in [-0.05, 0) is 48.8 Å². The van der Waals surface area contributed by atoms with Crippen molar-refractivity contribution in [3.8, 4) is 0 Å². The lowest BCUT2D eigenvalue weighted by Crippen LogP contribution is -2.06. The molecule has 0 aromatic heterocycles. The lowest BCUT2D eigenvalue weighted by Gasteiger charge is -2.17. The van der Waals surface area contributed by atoms with E-state index < -0.39 is 0 Å². The van der Waals surface area contributed by atoms with E-state index in [9.17, 15) is 4.39 Å². The van der Waals surface area contributed by atoms with Gasteiger partial charge in [0, 0.05) is 0 Å². The first-order valence-corrected chi connectivity index (χ1v) is 9.90. The predicted molar refractivity (Wildman–Crippen MR) is 107 cm³/mol. The molecule has 0 spiro atoms. The molecule has 1 aromatic rings. The molecule has 0 aliphatic rings. The molecule has 0 nitrogen and oxygen atoms in total. The summed E-state index contributed by atoms with van der Waals surface area (Å²) >= 11 is 0.